The van der Waals surface area contributed by atoms with Crippen molar-refractivity contribution in [3.05, 3.63) is 28.3 Å². The molecule has 0 radical (unpaired) electrons. The molecule has 0 unspecified atom stereocenters. The second-order valence-electron chi connectivity index (χ2n) is 4.56. The number of rotatable bonds is 3. The molecule has 18 heavy (non-hydrogen) atoms. The number of hydrogen-bond acceptors (Lipinski definition) is 3. The number of nitrogens with two attached hydrogens (primary N) is 1. The molecule has 5 nitrogen and oxygen atoms in total. The van der Waals surface area contributed by atoms with E-state index in [0.717, 1.165) is 16.7 Å². The molecule has 0 spiro atoms. The summed E-state index contributed by atoms with van der Waals surface area (Å²) in [6, 6.07) is 1.23. The van der Waals surface area contributed by atoms with Crippen molar-refractivity contribution in [2.45, 2.75) is 33.6 Å². The van der Waals surface area contributed by atoms with E-state index < -0.39 is 6.03 Å². The molecule has 0 aromatic heterocycles. The quantitative estimate of drug-likeness (QED) is 0.566. The predicted molar refractivity (Wildman–Crippen MR) is 72.0 cm³/mol. The lowest BCUT2D eigenvalue weighted by atomic mass is 9.93. The average Bonchev–Trinajstić information content (AvgIpc) is 2.27. The Bertz CT molecular complexity index is 493. The van der Waals surface area contributed by atoms with Crippen molar-refractivity contribution in [1.29, 1.82) is 0 Å². The maximum Gasteiger partial charge on any atom is 0.332 e. The third kappa shape index (κ3) is 3.00. The first kappa shape index (κ1) is 14.0. The number of benzene rings is 1. The van der Waals surface area contributed by atoms with Crippen molar-refractivity contribution < 1.29 is 9.90 Å². The van der Waals surface area contributed by atoms with Crippen LogP contribution >= 0.6 is 0 Å². The molecule has 1 rings (SSSR count). The van der Waals surface area contributed by atoms with Crippen LogP contribution in [0.2, 0.25) is 0 Å². The summed E-state index contributed by atoms with van der Waals surface area (Å²) in [5, 5.41) is 13.9. The number of nitrogens with zero attached hydrogens (tertiary/aromatic N) is 1. The molecule has 2 amide bonds. The Hall–Kier alpha value is -2.04. The van der Waals surface area contributed by atoms with Crippen LogP contribution in [0.4, 0.5) is 4.79 Å². The zero-order valence-electron chi connectivity index (χ0n) is 11.1. The Kier molecular flexibility index (Phi) is 4.31. The summed E-state index contributed by atoms with van der Waals surface area (Å²) < 4.78 is 0. The Morgan fingerprint density at radius 2 is 2.11 bits per heavy atom. The van der Waals surface area contributed by atoms with E-state index in [1.54, 1.807) is 0 Å². The minimum absolute atomic E-state index is 0.197. The van der Waals surface area contributed by atoms with E-state index in [4.69, 9.17) is 5.73 Å². The highest BCUT2D eigenvalue weighted by molar-refractivity contribution is 5.87. The second kappa shape index (κ2) is 5.53. The van der Waals surface area contributed by atoms with Gasteiger partial charge in [-0.15, -0.1) is 0 Å². The third-order valence-corrected chi connectivity index (χ3v) is 2.89. The summed E-state index contributed by atoms with van der Waals surface area (Å²) in [7, 11) is 0. The minimum atomic E-state index is -0.736. The van der Waals surface area contributed by atoms with E-state index >= 15 is 0 Å². The molecule has 98 valence electrons. The lowest BCUT2D eigenvalue weighted by Gasteiger charge is -2.15. The van der Waals surface area contributed by atoms with Crippen molar-refractivity contribution >= 4 is 12.2 Å². The molecule has 1 aromatic carbocycles. The van der Waals surface area contributed by atoms with Crippen LogP contribution in [0.1, 0.15) is 42.0 Å². The summed E-state index contributed by atoms with van der Waals surface area (Å²) in [5.41, 5.74) is 10.5. The van der Waals surface area contributed by atoms with Gasteiger partial charge in [-0.1, -0.05) is 19.9 Å². The molecule has 5 heteroatoms. The van der Waals surface area contributed by atoms with Gasteiger partial charge in [-0.25, -0.2) is 10.2 Å². The van der Waals surface area contributed by atoms with E-state index in [9.17, 15) is 9.90 Å². The Balaban J connectivity index is 3.24. The minimum Gasteiger partial charge on any atom is -0.507 e. The smallest absolute Gasteiger partial charge is 0.332 e. The number of amides is 2. The fourth-order valence-electron chi connectivity index (χ4n) is 1.71. The maximum absolute atomic E-state index is 10.5. The lowest BCUT2D eigenvalue weighted by Crippen LogP contribution is -2.24. The van der Waals surface area contributed by atoms with Gasteiger partial charge in [0.25, 0.3) is 0 Å². The predicted octanol–water partition coefficient (Wildman–Crippen LogP) is 2.13. The highest BCUT2D eigenvalue weighted by Crippen LogP contribution is 2.32. The van der Waals surface area contributed by atoms with Crippen molar-refractivity contribution in [2.75, 3.05) is 0 Å². The number of carbonyl (C=O) groups is 1. The largest absolute Gasteiger partial charge is 0.507 e. The van der Waals surface area contributed by atoms with Crippen LogP contribution in [0.5, 0.6) is 5.75 Å². The van der Waals surface area contributed by atoms with Crippen molar-refractivity contribution in [1.82, 2.24) is 5.43 Å². The molecule has 0 saturated carbocycles. The highest BCUT2D eigenvalue weighted by atomic mass is 16.3. The van der Waals surface area contributed by atoms with Crippen LogP contribution in [0.15, 0.2) is 11.2 Å². The molecule has 0 bridgehead atoms. The number of carbonyl (C=O) groups excluding carboxylic acids is 1. The van der Waals surface area contributed by atoms with Crippen LogP contribution in [0, 0.1) is 13.8 Å². The fraction of sp³-hybridized carbons (Fsp3) is 0.385. The number of urea groups is 1. The second-order valence-corrected chi connectivity index (χ2v) is 4.56. The summed E-state index contributed by atoms with van der Waals surface area (Å²) in [4.78, 5) is 10.5. The Morgan fingerprint density at radius 1 is 1.50 bits per heavy atom. The number of nitrogens with one attached hydrogen (secondary N) is 1. The van der Waals surface area contributed by atoms with Gasteiger partial charge in [-0.3, -0.25) is 0 Å². The molecule has 0 fully saturated rings. The standard InChI is InChI=1S/C13H19N3O2/c1-7(2)10-5-8(3)9(4)11(12(10)17)6-15-16-13(14)18/h5-7,17H,1-4H3,(H3,14,16,18). The summed E-state index contributed by atoms with van der Waals surface area (Å²) in [5.74, 6) is 0.406. The van der Waals surface area contributed by atoms with Gasteiger partial charge >= 0.3 is 6.03 Å². The molecule has 4 N–H and O–H groups in total. The van der Waals surface area contributed by atoms with Gasteiger partial charge in [-0.2, -0.15) is 5.10 Å². The number of aryl methyl sites for hydroxylation is 1. The first-order valence-corrected chi connectivity index (χ1v) is 5.76. The van der Waals surface area contributed by atoms with E-state index in [1.165, 1.54) is 6.21 Å². The molecule has 0 saturated heterocycles. The number of primary amides is 1. The molecule has 1 aromatic rings. The van der Waals surface area contributed by atoms with Gasteiger partial charge in [0.15, 0.2) is 0 Å². The van der Waals surface area contributed by atoms with Crippen LogP contribution in [-0.2, 0) is 0 Å². The third-order valence-electron chi connectivity index (χ3n) is 2.89. The van der Waals surface area contributed by atoms with E-state index in [-0.39, 0.29) is 11.7 Å². The van der Waals surface area contributed by atoms with E-state index in [1.807, 2.05) is 33.8 Å². The lowest BCUT2D eigenvalue weighted by molar-refractivity contribution is 0.249. The Labute approximate surface area is 107 Å². The van der Waals surface area contributed by atoms with Crippen molar-refractivity contribution in [3.63, 3.8) is 0 Å². The van der Waals surface area contributed by atoms with Gasteiger partial charge < -0.3 is 10.8 Å². The summed E-state index contributed by atoms with van der Waals surface area (Å²) in [6.07, 6.45) is 1.41. The first-order chi connectivity index (χ1) is 8.34. The number of phenols is 1. The molecule has 0 aliphatic carbocycles. The van der Waals surface area contributed by atoms with E-state index in [2.05, 4.69) is 10.5 Å². The summed E-state index contributed by atoms with van der Waals surface area (Å²) in [6.45, 7) is 7.88. The fourth-order valence-corrected chi connectivity index (χ4v) is 1.71. The van der Waals surface area contributed by atoms with Gasteiger partial charge in [0.05, 0.1) is 6.21 Å². The van der Waals surface area contributed by atoms with Crippen LogP contribution in [0.3, 0.4) is 0 Å². The van der Waals surface area contributed by atoms with Crippen LogP contribution in [-0.4, -0.2) is 17.4 Å². The number of hydrogen-bond donors (Lipinski definition) is 3. The number of phenolic OH excluding ortho intramolecular Hbond substituents is 1. The molecular formula is C13H19N3O2. The van der Waals surface area contributed by atoms with Crippen molar-refractivity contribution in [3.8, 4) is 5.75 Å². The molecule has 0 aliphatic rings. The van der Waals surface area contributed by atoms with Crippen LogP contribution < -0.4 is 11.2 Å². The SMILES string of the molecule is Cc1cc(C(C)C)c(O)c(C=NNC(N)=O)c1C. The normalized spacial score (nSPS) is 11.2. The van der Waals surface area contributed by atoms with Crippen molar-refractivity contribution in [2.24, 2.45) is 10.8 Å². The molecule has 0 heterocycles. The highest BCUT2D eigenvalue weighted by Gasteiger charge is 2.13. The van der Waals surface area contributed by atoms with Gasteiger partial charge in [0.2, 0.25) is 0 Å². The zero-order valence-corrected chi connectivity index (χ0v) is 11.1. The maximum atomic E-state index is 10.5. The number of aromatic hydroxyl groups is 1. The van der Waals surface area contributed by atoms with E-state index in [0.29, 0.717) is 5.56 Å². The van der Waals surface area contributed by atoms with Gasteiger partial charge in [0.1, 0.15) is 5.75 Å². The number of hydrazone groups is 1. The monoisotopic (exact) mass is 249 g/mol. The summed E-state index contributed by atoms with van der Waals surface area (Å²) >= 11 is 0. The van der Waals surface area contributed by atoms with Crippen LogP contribution in [0.25, 0.3) is 0 Å². The van der Waals surface area contributed by atoms with Gasteiger partial charge in [0, 0.05) is 5.56 Å². The average molecular weight is 249 g/mol. The molecule has 0 aliphatic heterocycles. The van der Waals surface area contributed by atoms with Gasteiger partial charge in [-0.05, 0) is 36.5 Å². The first-order valence-electron chi connectivity index (χ1n) is 5.76. The molecule has 0 atom stereocenters. The molecular weight excluding hydrogens is 230 g/mol. The Morgan fingerprint density at radius 3 is 2.61 bits per heavy atom. The topological polar surface area (TPSA) is 87.7 Å². The zero-order chi connectivity index (χ0) is 13.9.